The summed E-state index contributed by atoms with van der Waals surface area (Å²) in [5, 5.41) is 0. The monoisotopic (exact) mass is 194 g/mol. The third-order valence-electron chi connectivity index (χ3n) is 5.44. The van der Waals surface area contributed by atoms with Crippen molar-refractivity contribution in [3.05, 3.63) is 0 Å². The molecule has 0 aromatic rings. The van der Waals surface area contributed by atoms with Gasteiger partial charge in [-0.2, -0.15) is 0 Å². The molecule has 4 heterocycles. The number of ether oxygens (including phenoxy) is 4. The van der Waals surface area contributed by atoms with Crippen LogP contribution in [0.4, 0.5) is 0 Å². The number of rotatable bonds is 0. The minimum absolute atomic E-state index is 0.0208. The van der Waals surface area contributed by atoms with E-state index >= 15 is 0 Å². The summed E-state index contributed by atoms with van der Waals surface area (Å²) >= 11 is 0. The van der Waals surface area contributed by atoms with Crippen molar-refractivity contribution in [3.8, 4) is 0 Å². The van der Waals surface area contributed by atoms with Crippen LogP contribution in [0, 0.1) is 35.5 Å². The molecule has 6 atom stereocenters. The molecule has 0 N–H and O–H groups in total. The van der Waals surface area contributed by atoms with Crippen molar-refractivity contribution in [3.63, 3.8) is 0 Å². The minimum Gasteiger partial charge on any atom is -0.323 e. The topological polar surface area (TPSA) is 36.9 Å². The second-order valence-corrected chi connectivity index (χ2v) is 5.48. The van der Waals surface area contributed by atoms with Gasteiger partial charge < -0.3 is 18.9 Å². The number of hydrogen-bond donors (Lipinski definition) is 0. The molecule has 0 aromatic carbocycles. The van der Waals surface area contributed by atoms with Gasteiger partial charge in [-0.3, -0.25) is 0 Å². The van der Waals surface area contributed by atoms with Crippen molar-refractivity contribution in [2.75, 3.05) is 0 Å². The Morgan fingerprint density at radius 3 is 0.929 bits per heavy atom. The maximum absolute atomic E-state index is 5.83. The molecular weight excluding hydrogens is 184 g/mol. The van der Waals surface area contributed by atoms with Gasteiger partial charge in [0.1, 0.15) is 0 Å². The SMILES string of the molecule is O1[C@H]2O[C@H]3O[C@H]4O[C@@H]1[C@@H]1C5C([C@H]41)[C@@H]3[C@H]52. The molecule has 0 spiro atoms. The molecule has 74 valence electrons. The summed E-state index contributed by atoms with van der Waals surface area (Å²) in [6.45, 7) is 0. The van der Waals surface area contributed by atoms with Gasteiger partial charge in [0.05, 0.1) is 0 Å². The smallest absolute Gasteiger partial charge is 0.167 e. The van der Waals surface area contributed by atoms with E-state index in [0.29, 0.717) is 23.7 Å². The van der Waals surface area contributed by atoms with E-state index in [0.717, 1.165) is 11.8 Å². The van der Waals surface area contributed by atoms with Gasteiger partial charge in [-0.25, -0.2) is 0 Å². The lowest BCUT2D eigenvalue weighted by atomic mass is 9.37. The maximum atomic E-state index is 5.83. The van der Waals surface area contributed by atoms with Crippen LogP contribution < -0.4 is 0 Å². The molecule has 6 rings (SSSR count). The van der Waals surface area contributed by atoms with Gasteiger partial charge in [0.25, 0.3) is 0 Å². The van der Waals surface area contributed by atoms with Crippen molar-refractivity contribution in [1.29, 1.82) is 0 Å². The fourth-order valence-corrected chi connectivity index (χ4v) is 5.11. The molecule has 2 saturated carbocycles. The van der Waals surface area contributed by atoms with Gasteiger partial charge in [0.15, 0.2) is 25.2 Å². The van der Waals surface area contributed by atoms with Gasteiger partial charge >= 0.3 is 0 Å². The van der Waals surface area contributed by atoms with E-state index in [4.69, 9.17) is 18.9 Å². The molecule has 2 unspecified atom stereocenters. The van der Waals surface area contributed by atoms with Gasteiger partial charge in [-0.15, -0.1) is 0 Å². The third kappa shape index (κ3) is 0.389. The summed E-state index contributed by atoms with van der Waals surface area (Å²) in [6.07, 6.45) is -0.0833. The van der Waals surface area contributed by atoms with Crippen LogP contribution in [0.15, 0.2) is 0 Å². The zero-order valence-corrected chi connectivity index (χ0v) is 7.41. The summed E-state index contributed by atoms with van der Waals surface area (Å²) in [6, 6.07) is 0. The first kappa shape index (κ1) is 6.43. The lowest BCUT2D eigenvalue weighted by Gasteiger charge is -2.68. The summed E-state index contributed by atoms with van der Waals surface area (Å²) in [7, 11) is 0. The first-order valence-electron chi connectivity index (χ1n) is 5.55. The van der Waals surface area contributed by atoms with Crippen LogP contribution in [-0.2, 0) is 18.9 Å². The quantitative estimate of drug-likeness (QED) is 0.549. The van der Waals surface area contributed by atoms with Crippen molar-refractivity contribution in [2.45, 2.75) is 25.2 Å². The van der Waals surface area contributed by atoms with Crippen molar-refractivity contribution in [2.24, 2.45) is 35.5 Å². The highest BCUT2D eigenvalue weighted by molar-refractivity contribution is 5.22. The first-order valence-corrected chi connectivity index (χ1v) is 5.55. The Balaban J connectivity index is 1.66. The van der Waals surface area contributed by atoms with Crippen LogP contribution in [-0.4, -0.2) is 25.2 Å². The van der Waals surface area contributed by atoms with Crippen LogP contribution in [0.3, 0.4) is 0 Å². The summed E-state index contributed by atoms with van der Waals surface area (Å²) in [5.74, 6) is 4.20. The van der Waals surface area contributed by atoms with Crippen LogP contribution in [0.5, 0.6) is 0 Å². The molecule has 14 heavy (non-hydrogen) atoms. The van der Waals surface area contributed by atoms with E-state index in [1.165, 1.54) is 0 Å². The predicted molar refractivity (Wildman–Crippen MR) is 40.4 cm³/mol. The Morgan fingerprint density at radius 1 is 0.357 bits per heavy atom. The highest BCUT2D eigenvalue weighted by atomic mass is 16.9. The highest BCUT2D eigenvalue weighted by Crippen LogP contribution is 2.78. The van der Waals surface area contributed by atoms with Gasteiger partial charge in [-0.05, 0) is 11.8 Å². The standard InChI is InChI=1S/C10H10O4/c11-7-3-1-2-5(3)9(13-7)12-10-6(2)4(1)8(11)14-10/h1-10H/t1?,2?,3-,4+,5+,6-,7-,8+,9+,10-. The fourth-order valence-electron chi connectivity index (χ4n) is 5.11. The molecule has 4 saturated heterocycles. The van der Waals surface area contributed by atoms with Gasteiger partial charge in [-0.1, -0.05) is 0 Å². The average Bonchev–Trinajstić information content (AvgIpc) is 2.60. The van der Waals surface area contributed by atoms with E-state index in [9.17, 15) is 0 Å². The van der Waals surface area contributed by atoms with Crippen LogP contribution >= 0.6 is 0 Å². The molecule has 0 aromatic heterocycles. The highest BCUT2D eigenvalue weighted by Gasteiger charge is 2.83. The van der Waals surface area contributed by atoms with Gasteiger partial charge in [0.2, 0.25) is 0 Å². The molecule has 2 aliphatic carbocycles. The lowest BCUT2D eigenvalue weighted by molar-refractivity contribution is -0.353. The average molecular weight is 194 g/mol. The molecule has 6 aliphatic rings. The largest absolute Gasteiger partial charge is 0.323 e. The Morgan fingerprint density at radius 2 is 0.643 bits per heavy atom. The van der Waals surface area contributed by atoms with E-state index in [1.807, 2.05) is 0 Å². The van der Waals surface area contributed by atoms with Crippen molar-refractivity contribution < 1.29 is 18.9 Å². The van der Waals surface area contributed by atoms with Gasteiger partial charge in [0, 0.05) is 23.7 Å². The normalized spacial score (nSPS) is 84.0. The Kier molecular flexibility index (Phi) is 0.722. The first-order chi connectivity index (χ1) is 6.93. The molecule has 6 fully saturated rings. The molecular formula is C10H10O4. The lowest BCUT2D eigenvalue weighted by Crippen LogP contribution is -2.72. The van der Waals surface area contributed by atoms with Crippen molar-refractivity contribution in [1.82, 2.24) is 0 Å². The van der Waals surface area contributed by atoms with Crippen LogP contribution in [0.1, 0.15) is 0 Å². The molecule has 4 aliphatic heterocycles. The molecule has 0 bridgehead atoms. The Hall–Kier alpha value is -0.160. The zero-order valence-electron chi connectivity index (χ0n) is 7.41. The van der Waals surface area contributed by atoms with Crippen molar-refractivity contribution >= 4 is 0 Å². The molecule has 0 radical (unpaired) electrons. The maximum Gasteiger partial charge on any atom is 0.167 e. The summed E-state index contributed by atoms with van der Waals surface area (Å²) in [5.41, 5.74) is 0. The predicted octanol–water partition coefficient (Wildman–Crippen LogP) is 0.136. The van der Waals surface area contributed by atoms with Crippen LogP contribution in [0.25, 0.3) is 0 Å². The van der Waals surface area contributed by atoms with Crippen LogP contribution in [0.2, 0.25) is 0 Å². The fraction of sp³-hybridized carbons (Fsp3) is 1.00. The Bertz CT molecular complexity index is 296. The van der Waals surface area contributed by atoms with E-state index < -0.39 is 0 Å². The zero-order chi connectivity index (χ0) is 8.60. The second-order valence-electron chi connectivity index (χ2n) is 5.48. The third-order valence-corrected chi connectivity index (χ3v) is 5.44. The van der Waals surface area contributed by atoms with E-state index in [2.05, 4.69) is 0 Å². The van der Waals surface area contributed by atoms with E-state index in [-0.39, 0.29) is 25.2 Å². The number of hydrogen-bond acceptors (Lipinski definition) is 4. The second kappa shape index (κ2) is 1.57. The Labute approximate surface area is 80.4 Å². The van der Waals surface area contributed by atoms with E-state index in [1.54, 1.807) is 0 Å². The summed E-state index contributed by atoms with van der Waals surface area (Å²) < 4.78 is 23.2. The molecule has 4 nitrogen and oxygen atoms in total. The summed E-state index contributed by atoms with van der Waals surface area (Å²) in [4.78, 5) is 0. The molecule has 4 heteroatoms. The minimum atomic E-state index is -0.0208. The molecule has 0 amide bonds.